The first-order chi connectivity index (χ1) is 9.33. The van der Waals surface area contributed by atoms with Gasteiger partial charge in [-0.25, -0.2) is 0 Å². The van der Waals surface area contributed by atoms with Crippen molar-refractivity contribution in [3.05, 3.63) is 82.3 Å². The first kappa shape index (κ1) is 13.6. The van der Waals surface area contributed by atoms with Crippen LogP contribution < -0.4 is 18.9 Å². The van der Waals surface area contributed by atoms with Crippen molar-refractivity contribution >= 4 is 5.57 Å². The molecule has 0 amide bonds. The molecule has 0 saturated carbocycles. The Morgan fingerprint density at radius 3 is 2.60 bits per heavy atom. The largest absolute Gasteiger partial charge is 1.00 e. The SMILES string of the molecule is CC1=C(c2ccccc2)c2cc3c(cc2C1)CC[CH-]3.[Li+]. The summed E-state index contributed by atoms with van der Waals surface area (Å²) < 4.78 is 0. The number of hydrogen-bond donors (Lipinski definition) is 0. The second-order valence-electron chi connectivity index (χ2n) is 5.65. The average Bonchev–Trinajstić information content (AvgIpc) is 2.99. The topological polar surface area (TPSA) is 0 Å². The van der Waals surface area contributed by atoms with E-state index in [9.17, 15) is 0 Å². The van der Waals surface area contributed by atoms with Gasteiger partial charge >= 0.3 is 18.9 Å². The fourth-order valence-corrected chi connectivity index (χ4v) is 3.49. The third-order valence-corrected chi connectivity index (χ3v) is 4.36. The zero-order valence-corrected chi connectivity index (χ0v) is 12.2. The summed E-state index contributed by atoms with van der Waals surface area (Å²) in [6.07, 6.45) is 5.93. The molecule has 4 rings (SSSR count). The summed E-state index contributed by atoms with van der Waals surface area (Å²) in [5.74, 6) is 0. The Hall–Kier alpha value is -1.35. The summed E-state index contributed by atoms with van der Waals surface area (Å²) in [5, 5.41) is 0. The second kappa shape index (κ2) is 5.21. The van der Waals surface area contributed by atoms with E-state index in [0.717, 1.165) is 6.42 Å². The van der Waals surface area contributed by atoms with Gasteiger partial charge in [0.2, 0.25) is 0 Å². The van der Waals surface area contributed by atoms with Gasteiger partial charge in [0.05, 0.1) is 0 Å². The predicted molar refractivity (Wildman–Crippen MR) is 80.0 cm³/mol. The summed E-state index contributed by atoms with van der Waals surface area (Å²) >= 11 is 0. The molecule has 0 heterocycles. The number of fused-ring (bicyclic) bond motifs is 2. The van der Waals surface area contributed by atoms with Crippen molar-refractivity contribution in [3.63, 3.8) is 0 Å². The number of rotatable bonds is 1. The van der Waals surface area contributed by atoms with Crippen molar-refractivity contribution in [1.29, 1.82) is 0 Å². The van der Waals surface area contributed by atoms with E-state index >= 15 is 0 Å². The fourth-order valence-electron chi connectivity index (χ4n) is 3.49. The minimum Gasteiger partial charge on any atom is -0.188 e. The van der Waals surface area contributed by atoms with Gasteiger partial charge in [0.25, 0.3) is 0 Å². The Morgan fingerprint density at radius 2 is 1.80 bits per heavy atom. The van der Waals surface area contributed by atoms with E-state index in [-0.39, 0.29) is 18.9 Å². The molecule has 94 valence electrons. The monoisotopic (exact) mass is 252 g/mol. The van der Waals surface area contributed by atoms with E-state index in [1.54, 1.807) is 5.56 Å². The molecule has 20 heavy (non-hydrogen) atoms. The minimum absolute atomic E-state index is 0. The van der Waals surface area contributed by atoms with Gasteiger partial charge in [-0.15, -0.1) is 11.6 Å². The molecule has 2 aromatic carbocycles. The van der Waals surface area contributed by atoms with Crippen LogP contribution in [0.15, 0.2) is 48.0 Å². The second-order valence-corrected chi connectivity index (χ2v) is 5.65. The molecule has 2 aromatic rings. The van der Waals surface area contributed by atoms with Crippen LogP contribution >= 0.6 is 0 Å². The molecular formula is C19H17Li. The molecule has 0 bridgehead atoms. The Balaban J connectivity index is 0.00000121. The molecule has 0 N–H and O–H groups in total. The van der Waals surface area contributed by atoms with Gasteiger partial charge in [-0.05, 0) is 24.5 Å². The molecule has 0 aliphatic heterocycles. The number of aryl methyl sites for hydroxylation is 1. The van der Waals surface area contributed by atoms with Gasteiger partial charge in [-0.3, -0.25) is 0 Å². The van der Waals surface area contributed by atoms with E-state index in [2.05, 4.69) is 55.8 Å². The van der Waals surface area contributed by atoms with Crippen LogP contribution in [0.5, 0.6) is 0 Å². The van der Waals surface area contributed by atoms with Crippen molar-refractivity contribution in [2.24, 2.45) is 0 Å². The minimum atomic E-state index is 0. The standard InChI is InChI=1S/C19H17.Li/c1-13-10-17-11-15-8-5-9-16(15)12-18(17)19(13)14-6-3-2-4-7-14;/h2-4,6-7,9,11-12H,5,8,10H2,1H3;/q-1;+1. The Morgan fingerprint density at radius 1 is 1.00 bits per heavy atom. The molecule has 2 aliphatic rings. The molecule has 0 spiro atoms. The van der Waals surface area contributed by atoms with Crippen LogP contribution in [0.4, 0.5) is 0 Å². The molecule has 0 radical (unpaired) electrons. The van der Waals surface area contributed by atoms with Crippen molar-refractivity contribution in [2.75, 3.05) is 0 Å². The van der Waals surface area contributed by atoms with Gasteiger partial charge < -0.3 is 0 Å². The van der Waals surface area contributed by atoms with E-state index in [1.807, 2.05) is 0 Å². The zero-order valence-electron chi connectivity index (χ0n) is 12.2. The maximum atomic E-state index is 2.44. The van der Waals surface area contributed by atoms with E-state index in [4.69, 9.17) is 0 Å². The van der Waals surface area contributed by atoms with Gasteiger partial charge in [0.15, 0.2) is 0 Å². The first-order valence-corrected chi connectivity index (χ1v) is 7.07. The molecular weight excluding hydrogens is 235 g/mol. The molecule has 0 unspecified atom stereocenters. The quantitative estimate of drug-likeness (QED) is 0.534. The molecule has 0 nitrogen and oxygen atoms in total. The smallest absolute Gasteiger partial charge is 0.188 e. The van der Waals surface area contributed by atoms with Crippen LogP contribution in [-0.2, 0) is 12.8 Å². The normalized spacial score (nSPS) is 15.4. The van der Waals surface area contributed by atoms with Crippen LogP contribution in [-0.4, -0.2) is 0 Å². The van der Waals surface area contributed by atoms with E-state index in [1.165, 1.54) is 46.2 Å². The number of hydrogen-bond acceptors (Lipinski definition) is 0. The Kier molecular flexibility index (Phi) is 3.55. The van der Waals surface area contributed by atoms with Crippen LogP contribution in [0.2, 0.25) is 0 Å². The maximum Gasteiger partial charge on any atom is 1.00 e. The van der Waals surface area contributed by atoms with Crippen molar-refractivity contribution in [1.82, 2.24) is 0 Å². The molecule has 1 heteroatoms. The van der Waals surface area contributed by atoms with Crippen molar-refractivity contribution < 1.29 is 18.9 Å². The predicted octanol–water partition coefficient (Wildman–Crippen LogP) is 1.57. The van der Waals surface area contributed by atoms with Gasteiger partial charge in [0.1, 0.15) is 0 Å². The summed E-state index contributed by atoms with van der Waals surface area (Å²) in [7, 11) is 0. The number of allylic oxidation sites excluding steroid dienone is 1. The fraction of sp³-hybridized carbons (Fsp3) is 0.211. The first-order valence-electron chi connectivity index (χ1n) is 7.07. The average molecular weight is 252 g/mol. The molecule has 0 aromatic heterocycles. The summed E-state index contributed by atoms with van der Waals surface area (Å²) in [6.45, 7) is 2.27. The third kappa shape index (κ3) is 2.04. The van der Waals surface area contributed by atoms with Crippen molar-refractivity contribution in [3.8, 4) is 0 Å². The summed E-state index contributed by atoms with van der Waals surface area (Å²) in [5.41, 5.74) is 10.3. The van der Waals surface area contributed by atoms with E-state index in [0.29, 0.717) is 0 Å². The van der Waals surface area contributed by atoms with Gasteiger partial charge in [0, 0.05) is 0 Å². The number of benzene rings is 2. The van der Waals surface area contributed by atoms with Crippen LogP contribution in [0, 0.1) is 6.42 Å². The Labute approximate surface area is 133 Å². The van der Waals surface area contributed by atoms with E-state index < -0.39 is 0 Å². The summed E-state index contributed by atoms with van der Waals surface area (Å²) in [4.78, 5) is 0. The summed E-state index contributed by atoms with van der Waals surface area (Å²) in [6, 6.07) is 15.7. The molecule has 0 fully saturated rings. The van der Waals surface area contributed by atoms with Gasteiger partial charge in [-0.2, -0.15) is 18.1 Å². The molecule has 0 atom stereocenters. The third-order valence-electron chi connectivity index (χ3n) is 4.36. The van der Waals surface area contributed by atoms with Crippen LogP contribution in [0.3, 0.4) is 0 Å². The maximum absolute atomic E-state index is 2.44. The van der Waals surface area contributed by atoms with Crippen LogP contribution in [0.1, 0.15) is 41.2 Å². The van der Waals surface area contributed by atoms with Gasteiger partial charge in [-0.1, -0.05) is 59.9 Å². The molecule has 2 aliphatic carbocycles. The van der Waals surface area contributed by atoms with Crippen LogP contribution in [0.25, 0.3) is 5.57 Å². The Bertz CT molecular complexity index is 680. The molecule has 0 saturated heterocycles. The van der Waals surface area contributed by atoms with Crippen molar-refractivity contribution in [2.45, 2.75) is 26.2 Å². The zero-order chi connectivity index (χ0) is 12.8.